The smallest absolute Gasteiger partial charge is 0.293 e. The number of hydrogen-bond donors (Lipinski definition) is 2. The molecule has 0 radical (unpaired) electrons. The van der Waals surface area contributed by atoms with Crippen LogP contribution in [0.15, 0.2) is 33.2 Å². The van der Waals surface area contributed by atoms with Crippen LogP contribution < -0.4 is 5.73 Å². The molecule has 1 aromatic carbocycles. The van der Waals surface area contributed by atoms with Gasteiger partial charge in [-0.05, 0) is 49.2 Å². The Bertz CT molecular complexity index is 766. The number of nitrogens with zero attached hydrogens (tertiary/aromatic N) is 2. The molecule has 3 N–H and O–H groups in total. The summed E-state index contributed by atoms with van der Waals surface area (Å²) in [6, 6.07) is 7.13. The van der Waals surface area contributed by atoms with Crippen LogP contribution in [0.1, 0.15) is 16.9 Å². The van der Waals surface area contributed by atoms with Gasteiger partial charge in [-0.1, -0.05) is 5.16 Å². The van der Waals surface area contributed by atoms with Crippen molar-refractivity contribution in [2.24, 2.45) is 5.73 Å². The van der Waals surface area contributed by atoms with E-state index in [1.54, 1.807) is 12.1 Å². The largest absolute Gasteiger partial charge is 0.507 e. The molecule has 0 spiro atoms. The normalized spacial score (nSPS) is 11.0. The van der Waals surface area contributed by atoms with Crippen LogP contribution in [0.25, 0.3) is 23.0 Å². The van der Waals surface area contributed by atoms with Crippen molar-refractivity contribution in [3.63, 3.8) is 0 Å². The number of hydrogen-bond acceptors (Lipinski definition) is 6. The lowest BCUT2D eigenvalue weighted by molar-refractivity contribution is 0.412. The van der Waals surface area contributed by atoms with Crippen LogP contribution in [0.3, 0.4) is 0 Å². The van der Waals surface area contributed by atoms with E-state index in [0.29, 0.717) is 29.8 Å². The second kappa shape index (κ2) is 5.06. The predicted octanol–water partition coefficient (Wildman–Crippen LogP) is 2.78. The summed E-state index contributed by atoms with van der Waals surface area (Å²) in [7, 11) is 0. The number of phenols is 1. The van der Waals surface area contributed by atoms with Crippen LogP contribution in [0.5, 0.6) is 5.75 Å². The number of benzene rings is 1. The van der Waals surface area contributed by atoms with E-state index < -0.39 is 0 Å². The number of nitrogens with two attached hydrogens (primary N) is 1. The molecule has 2 aromatic heterocycles. The van der Waals surface area contributed by atoms with Gasteiger partial charge >= 0.3 is 0 Å². The van der Waals surface area contributed by atoms with E-state index in [0.717, 1.165) is 16.7 Å². The molecule has 0 unspecified atom stereocenters. The summed E-state index contributed by atoms with van der Waals surface area (Å²) in [5, 5.41) is 13.8. The average molecular weight is 285 g/mol. The zero-order valence-corrected chi connectivity index (χ0v) is 11.8. The molecule has 0 aliphatic rings. The average Bonchev–Trinajstić information content (AvgIpc) is 3.12. The van der Waals surface area contributed by atoms with Crippen molar-refractivity contribution in [2.45, 2.75) is 20.4 Å². The Labute approximate surface area is 121 Å². The first kappa shape index (κ1) is 13.4. The number of aromatic hydroxyl groups is 1. The molecule has 6 heteroatoms. The van der Waals surface area contributed by atoms with E-state index in [1.807, 2.05) is 26.0 Å². The van der Waals surface area contributed by atoms with E-state index in [9.17, 15) is 5.11 Å². The number of rotatable bonds is 3. The van der Waals surface area contributed by atoms with Gasteiger partial charge in [-0.15, -0.1) is 0 Å². The standard InChI is InChI=1S/C15H15N3O3/c1-8-5-10(6-9(2)13(8)19)14-17-15(21-18-14)12-4-3-11(7-16)20-12/h3-6,19H,7,16H2,1-2H3. The van der Waals surface area contributed by atoms with E-state index in [1.165, 1.54) is 0 Å². The van der Waals surface area contributed by atoms with Crippen LogP contribution in [-0.2, 0) is 6.54 Å². The summed E-state index contributed by atoms with van der Waals surface area (Å²) in [5.74, 6) is 2.17. The maximum absolute atomic E-state index is 9.80. The molecule has 0 saturated heterocycles. The molecule has 0 amide bonds. The van der Waals surface area contributed by atoms with Crippen molar-refractivity contribution in [1.29, 1.82) is 0 Å². The summed E-state index contributed by atoms with van der Waals surface area (Å²) >= 11 is 0. The Morgan fingerprint density at radius 2 is 1.90 bits per heavy atom. The molecule has 108 valence electrons. The van der Waals surface area contributed by atoms with Gasteiger partial charge in [-0.2, -0.15) is 4.98 Å². The van der Waals surface area contributed by atoms with Gasteiger partial charge in [0.15, 0.2) is 5.76 Å². The Morgan fingerprint density at radius 3 is 2.52 bits per heavy atom. The van der Waals surface area contributed by atoms with Crippen LogP contribution in [0.2, 0.25) is 0 Å². The lowest BCUT2D eigenvalue weighted by Crippen LogP contribution is -1.92. The third-order valence-corrected chi connectivity index (χ3v) is 3.25. The maximum Gasteiger partial charge on any atom is 0.293 e. The highest BCUT2D eigenvalue weighted by Crippen LogP contribution is 2.29. The fourth-order valence-electron chi connectivity index (χ4n) is 2.13. The first-order chi connectivity index (χ1) is 10.1. The number of phenolic OH excluding ortho intramolecular Hbond substituents is 1. The minimum Gasteiger partial charge on any atom is -0.507 e. The molecule has 0 atom stereocenters. The van der Waals surface area contributed by atoms with Crippen molar-refractivity contribution >= 4 is 0 Å². The Morgan fingerprint density at radius 1 is 1.19 bits per heavy atom. The molecule has 6 nitrogen and oxygen atoms in total. The first-order valence-corrected chi connectivity index (χ1v) is 6.52. The minimum absolute atomic E-state index is 0.279. The highest BCUT2D eigenvalue weighted by molar-refractivity contribution is 5.62. The lowest BCUT2D eigenvalue weighted by Gasteiger charge is -2.04. The molecule has 0 aliphatic carbocycles. The van der Waals surface area contributed by atoms with E-state index in [4.69, 9.17) is 14.7 Å². The summed E-state index contributed by atoms with van der Waals surface area (Å²) in [6.45, 7) is 3.97. The van der Waals surface area contributed by atoms with E-state index in [2.05, 4.69) is 10.1 Å². The summed E-state index contributed by atoms with van der Waals surface area (Å²) in [5.41, 5.74) is 7.81. The second-order valence-electron chi connectivity index (χ2n) is 4.85. The molecule has 3 aromatic rings. The Hall–Kier alpha value is -2.60. The second-order valence-corrected chi connectivity index (χ2v) is 4.85. The molecular formula is C15H15N3O3. The molecule has 21 heavy (non-hydrogen) atoms. The zero-order valence-electron chi connectivity index (χ0n) is 11.8. The number of aryl methyl sites for hydroxylation is 2. The quantitative estimate of drug-likeness (QED) is 0.767. The molecule has 0 bridgehead atoms. The van der Waals surface area contributed by atoms with Crippen molar-refractivity contribution < 1.29 is 14.0 Å². The van der Waals surface area contributed by atoms with Crippen LogP contribution >= 0.6 is 0 Å². The van der Waals surface area contributed by atoms with Gasteiger partial charge in [0.1, 0.15) is 11.5 Å². The van der Waals surface area contributed by atoms with Gasteiger partial charge in [0.2, 0.25) is 5.82 Å². The zero-order chi connectivity index (χ0) is 15.0. The third-order valence-electron chi connectivity index (χ3n) is 3.25. The van der Waals surface area contributed by atoms with Crippen molar-refractivity contribution in [3.8, 4) is 28.8 Å². The molecule has 0 aliphatic heterocycles. The monoisotopic (exact) mass is 285 g/mol. The third kappa shape index (κ3) is 2.41. The molecule has 0 fully saturated rings. The van der Waals surface area contributed by atoms with Crippen LogP contribution in [0, 0.1) is 13.8 Å². The summed E-state index contributed by atoms with van der Waals surface area (Å²) < 4.78 is 10.7. The Balaban J connectivity index is 1.98. The summed E-state index contributed by atoms with van der Waals surface area (Å²) in [4.78, 5) is 4.32. The highest BCUT2D eigenvalue weighted by atomic mass is 16.5. The molecule has 0 saturated carbocycles. The van der Waals surface area contributed by atoms with Gasteiger partial charge in [-0.3, -0.25) is 0 Å². The van der Waals surface area contributed by atoms with E-state index in [-0.39, 0.29) is 5.75 Å². The Kier molecular flexibility index (Phi) is 3.23. The van der Waals surface area contributed by atoms with E-state index >= 15 is 0 Å². The molecular weight excluding hydrogens is 270 g/mol. The minimum atomic E-state index is 0.279. The lowest BCUT2D eigenvalue weighted by atomic mass is 10.1. The van der Waals surface area contributed by atoms with Crippen molar-refractivity contribution in [1.82, 2.24) is 10.1 Å². The van der Waals surface area contributed by atoms with Crippen LogP contribution in [-0.4, -0.2) is 15.2 Å². The molecule has 3 rings (SSSR count). The van der Waals surface area contributed by atoms with Crippen molar-refractivity contribution in [3.05, 3.63) is 41.2 Å². The number of furan rings is 1. The van der Waals surface area contributed by atoms with Crippen molar-refractivity contribution in [2.75, 3.05) is 0 Å². The number of aromatic nitrogens is 2. The molecule has 2 heterocycles. The van der Waals surface area contributed by atoms with Gasteiger partial charge in [0.25, 0.3) is 5.89 Å². The first-order valence-electron chi connectivity index (χ1n) is 6.52. The maximum atomic E-state index is 9.80. The fraction of sp³-hybridized carbons (Fsp3) is 0.200. The van der Waals surface area contributed by atoms with Crippen LogP contribution in [0.4, 0.5) is 0 Å². The van der Waals surface area contributed by atoms with Gasteiger partial charge in [0, 0.05) is 5.56 Å². The SMILES string of the molecule is Cc1cc(-c2noc(-c3ccc(CN)o3)n2)cc(C)c1O. The highest BCUT2D eigenvalue weighted by Gasteiger charge is 2.15. The van der Waals surface area contributed by atoms with Gasteiger partial charge < -0.3 is 19.8 Å². The topological polar surface area (TPSA) is 98.3 Å². The summed E-state index contributed by atoms with van der Waals surface area (Å²) in [6.07, 6.45) is 0. The predicted molar refractivity (Wildman–Crippen MR) is 76.5 cm³/mol. The fourth-order valence-corrected chi connectivity index (χ4v) is 2.13. The van der Waals surface area contributed by atoms with Gasteiger partial charge in [-0.25, -0.2) is 0 Å². The van der Waals surface area contributed by atoms with Gasteiger partial charge in [0.05, 0.1) is 6.54 Å².